The van der Waals surface area contributed by atoms with Crippen molar-refractivity contribution >= 4 is 27.5 Å². The number of benzene rings is 1. The van der Waals surface area contributed by atoms with Gasteiger partial charge in [0.05, 0.1) is 34.4 Å². The van der Waals surface area contributed by atoms with Crippen molar-refractivity contribution in [1.29, 1.82) is 0 Å². The Morgan fingerprint density at radius 1 is 0.958 bits per heavy atom. The molecule has 118 valence electrons. The number of hydrogen-bond acceptors (Lipinski definition) is 6. The van der Waals surface area contributed by atoms with Crippen LogP contribution >= 0.6 is 11.3 Å². The zero-order valence-corrected chi connectivity index (χ0v) is 13.7. The van der Waals surface area contributed by atoms with Gasteiger partial charge in [0.15, 0.2) is 5.13 Å². The topological polar surface area (TPSA) is 73.9 Å². The van der Waals surface area contributed by atoms with Crippen LogP contribution in [0.5, 0.6) is 5.75 Å². The largest absolute Gasteiger partial charge is 0.497 e. The first-order valence-corrected chi connectivity index (χ1v) is 8.19. The van der Waals surface area contributed by atoms with Crippen LogP contribution < -0.4 is 10.5 Å². The molecule has 2 N–H and O–H groups in total. The Hall–Kier alpha value is -2.99. The van der Waals surface area contributed by atoms with Crippen molar-refractivity contribution < 1.29 is 4.74 Å². The van der Waals surface area contributed by atoms with E-state index in [1.54, 1.807) is 13.3 Å². The van der Waals surface area contributed by atoms with Crippen LogP contribution in [0.15, 0.2) is 54.7 Å². The molecule has 0 atom stereocenters. The second-order valence-corrected chi connectivity index (χ2v) is 6.23. The Morgan fingerprint density at radius 2 is 1.79 bits per heavy atom. The number of rotatable bonds is 3. The van der Waals surface area contributed by atoms with E-state index in [9.17, 15) is 0 Å². The van der Waals surface area contributed by atoms with E-state index in [4.69, 9.17) is 15.5 Å². The molecule has 5 nitrogen and oxygen atoms in total. The fourth-order valence-electron chi connectivity index (χ4n) is 2.54. The lowest BCUT2D eigenvalue weighted by Crippen LogP contribution is -1.88. The lowest BCUT2D eigenvalue weighted by Gasteiger charge is -2.05. The van der Waals surface area contributed by atoms with Gasteiger partial charge in [-0.15, -0.1) is 0 Å². The zero-order valence-electron chi connectivity index (χ0n) is 12.9. The minimum Gasteiger partial charge on any atom is -0.497 e. The molecule has 4 aromatic rings. The first-order chi connectivity index (χ1) is 11.7. The van der Waals surface area contributed by atoms with Gasteiger partial charge in [-0.2, -0.15) is 0 Å². The molecule has 0 spiro atoms. The normalized spacial score (nSPS) is 10.9. The van der Waals surface area contributed by atoms with Gasteiger partial charge in [0.2, 0.25) is 0 Å². The number of anilines is 1. The van der Waals surface area contributed by atoms with Crippen molar-refractivity contribution in [3.05, 3.63) is 54.7 Å². The fraction of sp³-hybridized carbons (Fsp3) is 0.0556. The summed E-state index contributed by atoms with van der Waals surface area (Å²) >= 11 is 1.43. The summed E-state index contributed by atoms with van der Waals surface area (Å²) in [6.07, 6.45) is 1.76. The Kier molecular flexibility index (Phi) is 3.59. The van der Waals surface area contributed by atoms with Crippen LogP contribution in [-0.2, 0) is 0 Å². The summed E-state index contributed by atoms with van der Waals surface area (Å²) in [6.45, 7) is 0. The van der Waals surface area contributed by atoms with Gasteiger partial charge in [0.25, 0.3) is 0 Å². The molecule has 6 heteroatoms. The van der Waals surface area contributed by atoms with E-state index in [1.807, 2.05) is 48.5 Å². The summed E-state index contributed by atoms with van der Waals surface area (Å²) in [5.41, 5.74) is 10.3. The summed E-state index contributed by atoms with van der Waals surface area (Å²) < 4.78 is 5.21. The molecule has 4 rings (SSSR count). The Bertz CT molecular complexity index is 1010. The van der Waals surface area contributed by atoms with Crippen LogP contribution in [0, 0.1) is 0 Å². The molecule has 0 bridgehead atoms. The van der Waals surface area contributed by atoms with E-state index in [1.165, 1.54) is 11.3 Å². The van der Waals surface area contributed by atoms with E-state index in [-0.39, 0.29) is 0 Å². The van der Waals surface area contributed by atoms with Gasteiger partial charge >= 0.3 is 0 Å². The van der Waals surface area contributed by atoms with Crippen LogP contribution in [0.25, 0.3) is 32.9 Å². The third-order valence-electron chi connectivity index (χ3n) is 3.70. The predicted octanol–water partition coefficient (Wildman–Crippen LogP) is 4.01. The van der Waals surface area contributed by atoms with Crippen LogP contribution in [-0.4, -0.2) is 22.1 Å². The maximum atomic E-state index is 5.97. The van der Waals surface area contributed by atoms with Gasteiger partial charge in [0.1, 0.15) is 5.75 Å². The average molecular weight is 334 g/mol. The third-order valence-corrected chi connectivity index (χ3v) is 4.60. The van der Waals surface area contributed by atoms with Crippen LogP contribution in [0.2, 0.25) is 0 Å². The summed E-state index contributed by atoms with van der Waals surface area (Å²) in [5, 5.41) is 0.518. The van der Waals surface area contributed by atoms with Crippen molar-refractivity contribution in [2.24, 2.45) is 0 Å². The summed E-state index contributed by atoms with van der Waals surface area (Å²) in [5.74, 6) is 0.804. The fourth-order valence-corrected chi connectivity index (χ4v) is 3.36. The van der Waals surface area contributed by atoms with Crippen LogP contribution in [0.1, 0.15) is 0 Å². The van der Waals surface area contributed by atoms with Gasteiger partial charge in [-0.1, -0.05) is 11.3 Å². The predicted molar refractivity (Wildman–Crippen MR) is 97.0 cm³/mol. The number of ether oxygens (including phenoxy) is 1. The molecule has 0 aliphatic heterocycles. The van der Waals surface area contributed by atoms with E-state index in [0.29, 0.717) is 5.13 Å². The highest BCUT2D eigenvalue weighted by atomic mass is 32.1. The number of methoxy groups -OCH3 is 1. The Labute approximate surface area is 142 Å². The summed E-state index contributed by atoms with van der Waals surface area (Å²) in [7, 11) is 1.65. The molecule has 0 saturated heterocycles. The number of nitrogens with zero attached hydrogens (tertiary/aromatic N) is 3. The van der Waals surface area contributed by atoms with Crippen molar-refractivity contribution in [2.75, 3.05) is 12.8 Å². The van der Waals surface area contributed by atoms with Crippen LogP contribution in [0.3, 0.4) is 0 Å². The molecular formula is C18H14N4OS. The van der Waals surface area contributed by atoms with Gasteiger partial charge in [-0.05, 0) is 48.5 Å². The number of nitrogens with two attached hydrogens (primary N) is 1. The van der Waals surface area contributed by atoms with E-state index < -0.39 is 0 Å². The number of nitrogen functional groups attached to an aromatic ring is 1. The van der Waals surface area contributed by atoms with E-state index in [0.717, 1.165) is 38.6 Å². The molecule has 3 heterocycles. The number of hydrogen-bond donors (Lipinski definition) is 1. The molecule has 0 radical (unpaired) electrons. The molecule has 0 aliphatic rings. The van der Waals surface area contributed by atoms with Gasteiger partial charge in [-0.25, -0.2) is 9.97 Å². The average Bonchev–Trinajstić information content (AvgIpc) is 3.03. The lowest BCUT2D eigenvalue weighted by molar-refractivity contribution is 0.415. The second kappa shape index (κ2) is 5.90. The summed E-state index contributed by atoms with van der Waals surface area (Å²) in [4.78, 5) is 14.5. The Morgan fingerprint density at radius 3 is 2.58 bits per heavy atom. The first-order valence-electron chi connectivity index (χ1n) is 7.37. The van der Waals surface area contributed by atoms with Crippen molar-refractivity contribution in [2.45, 2.75) is 0 Å². The first kappa shape index (κ1) is 14.6. The minimum atomic E-state index is 0.518. The molecule has 24 heavy (non-hydrogen) atoms. The molecular weight excluding hydrogens is 320 g/mol. The molecule has 0 unspecified atom stereocenters. The SMILES string of the molecule is COc1ccc(-c2nc(N)sc2-c2ccc3ncccc3n2)cc1. The van der Waals surface area contributed by atoms with Gasteiger partial charge in [0, 0.05) is 11.8 Å². The van der Waals surface area contributed by atoms with Crippen molar-refractivity contribution in [3.63, 3.8) is 0 Å². The molecule has 1 aromatic carbocycles. The standard InChI is InChI=1S/C18H14N4OS/c1-23-12-6-4-11(5-7-12)16-17(24-18(19)22-16)15-9-8-13-14(21-15)3-2-10-20-13/h2-10H,1H3,(H2,19,22). The number of aromatic nitrogens is 3. The molecule has 0 fully saturated rings. The Balaban J connectivity index is 1.85. The summed E-state index contributed by atoms with van der Waals surface area (Å²) in [6, 6.07) is 15.5. The monoisotopic (exact) mass is 334 g/mol. The third kappa shape index (κ3) is 2.57. The minimum absolute atomic E-state index is 0.518. The lowest BCUT2D eigenvalue weighted by atomic mass is 10.1. The molecule has 3 aromatic heterocycles. The highest BCUT2D eigenvalue weighted by Crippen LogP contribution is 2.37. The molecule has 0 saturated carbocycles. The van der Waals surface area contributed by atoms with Gasteiger partial charge in [-0.3, -0.25) is 4.98 Å². The highest BCUT2D eigenvalue weighted by Gasteiger charge is 2.15. The zero-order chi connectivity index (χ0) is 16.5. The number of pyridine rings is 2. The quantitative estimate of drug-likeness (QED) is 0.613. The number of thiazole rings is 1. The highest BCUT2D eigenvalue weighted by molar-refractivity contribution is 7.19. The van der Waals surface area contributed by atoms with Crippen molar-refractivity contribution in [1.82, 2.24) is 15.0 Å². The van der Waals surface area contributed by atoms with E-state index >= 15 is 0 Å². The second-order valence-electron chi connectivity index (χ2n) is 5.20. The molecule has 0 aliphatic carbocycles. The number of fused-ring (bicyclic) bond motifs is 1. The van der Waals surface area contributed by atoms with Gasteiger partial charge < -0.3 is 10.5 Å². The maximum Gasteiger partial charge on any atom is 0.181 e. The maximum absolute atomic E-state index is 5.97. The molecule has 0 amide bonds. The smallest absolute Gasteiger partial charge is 0.181 e. The van der Waals surface area contributed by atoms with E-state index in [2.05, 4.69) is 9.97 Å². The van der Waals surface area contributed by atoms with Crippen molar-refractivity contribution in [3.8, 4) is 27.6 Å². The van der Waals surface area contributed by atoms with Crippen LogP contribution in [0.4, 0.5) is 5.13 Å².